The number of ketones is 1. The van der Waals surface area contributed by atoms with Crippen LogP contribution in [0.5, 0.6) is 0 Å². The van der Waals surface area contributed by atoms with Crippen molar-refractivity contribution in [2.75, 3.05) is 46.2 Å². The zero-order valence-electron chi connectivity index (χ0n) is 16.0. The number of aliphatic hydroxyl groups is 1. The summed E-state index contributed by atoms with van der Waals surface area (Å²) in [5, 5.41) is 12.2. The summed E-state index contributed by atoms with van der Waals surface area (Å²) in [4.78, 5) is 23.0. The summed E-state index contributed by atoms with van der Waals surface area (Å²) in [5.41, 5.74) is -1.38. The highest BCUT2D eigenvalue weighted by Gasteiger charge is 2.23. The summed E-state index contributed by atoms with van der Waals surface area (Å²) >= 11 is 0. The summed E-state index contributed by atoms with van der Waals surface area (Å²) in [5.74, 6) is -0.522. The predicted molar refractivity (Wildman–Crippen MR) is 95.5 cm³/mol. The first kappa shape index (κ1) is 24.0. The molecule has 0 aliphatic heterocycles. The largest absolute Gasteiger partial charge is 0.383 e. The highest BCUT2D eigenvalue weighted by atomic mass is 16.5. The summed E-state index contributed by atoms with van der Waals surface area (Å²) in [6.45, 7) is 9.04. The number of hydrogen-bond acceptors (Lipinski definition) is 6. The van der Waals surface area contributed by atoms with Crippen molar-refractivity contribution in [2.24, 2.45) is 0 Å². The van der Waals surface area contributed by atoms with E-state index < -0.39 is 5.60 Å². The Hall–Kier alpha value is -1.02. The third-order valence-electron chi connectivity index (χ3n) is 3.44. The Balaban J connectivity index is 3.30. The number of rotatable bonds is 17. The first-order chi connectivity index (χ1) is 11.9. The highest BCUT2D eigenvalue weighted by molar-refractivity contribution is 5.89. The molecule has 25 heavy (non-hydrogen) atoms. The topological polar surface area (TPSA) is 94.1 Å². The van der Waals surface area contributed by atoms with Gasteiger partial charge in [0.15, 0.2) is 5.78 Å². The van der Waals surface area contributed by atoms with Gasteiger partial charge in [-0.1, -0.05) is 13.3 Å². The molecule has 0 unspecified atom stereocenters. The van der Waals surface area contributed by atoms with Crippen molar-refractivity contribution in [1.29, 1.82) is 0 Å². The van der Waals surface area contributed by atoms with Gasteiger partial charge in [-0.2, -0.15) is 0 Å². The fraction of sp³-hybridized carbons (Fsp3) is 0.889. The van der Waals surface area contributed by atoms with Gasteiger partial charge in [0.1, 0.15) is 5.60 Å². The minimum Gasteiger partial charge on any atom is -0.383 e. The zero-order chi connectivity index (χ0) is 19.0. The number of amides is 1. The van der Waals surface area contributed by atoms with Gasteiger partial charge in [0.05, 0.1) is 26.4 Å². The van der Waals surface area contributed by atoms with Crippen LogP contribution in [0.25, 0.3) is 0 Å². The van der Waals surface area contributed by atoms with Crippen LogP contribution in [0.1, 0.15) is 52.9 Å². The Labute approximate surface area is 151 Å². The minimum atomic E-state index is -1.38. The quantitative estimate of drug-likeness (QED) is 0.381. The third-order valence-corrected chi connectivity index (χ3v) is 3.44. The predicted octanol–water partition coefficient (Wildman–Crippen LogP) is 1.46. The monoisotopic (exact) mass is 361 g/mol. The molecule has 0 rings (SSSR count). The van der Waals surface area contributed by atoms with Crippen molar-refractivity contribution in [3.05, 3.63) is 0 Å². The lowest BCUT2D eigenvalue weighted by atomic mass is 10.00. The van der Waals surface area contributed by atoms with E-state index in [2.05, 4.69) is 12.2 Å². The number of carbonyl (C=O) groups is 2. The molecule has 0 fully saturated rings. The molecule has 148 valence electrons. The molecule has 0 spiro atoms. The van der Waals surface area contributed by atoms with Crippen molar-refractivity contribution in [1.82, 2.24) is 5.32 Å². The van der Waals surface area contributed by atoms with E-state index in [0.29, 0.717) is 46.0 Å². The van der Waals surface area contributed by atoms with Crippen LogP contribution in [0.4, 0.5) is 0 Å². The maximum absolute atomic E-state index is 11.6. The molecule has 0 saturated carbocycles. The number of nitrogens with one attached hydrogen (secondary N) is 1. The lowest BCUT2D eigenvalue weighted by Crippen LogP contribution is -2.33. The van der Waals surface area contributed by atoms with Crippen molar-refractivity contribution in [3.63, 3.8) is 0 Å². The van der Waals surface area contributed by atoms with Crippen LogP contribution in [0.15, 0.2) is 0 Å². The van der Waals surface area contributed by atoms with Gasteiger partial charge in [-0.3, -0.25) is 9.59 Å². The van der Waals surface area contributed by atoms with Gasteiger partial charge in [-0.25, -0.2) is 0 Å². The molecule has 7 nitrogen and oxygen atoms in total. The van der Waals surface area contributed by atoms with E-state index in [0.717, 1.165) is 19.4 Å². The van der Waals surface area contributed by atoms with Crippen LogP contribution < -0.4 is 5.32 Å². The third kappa shape index (κ3) is 16.2. The average Bonchev–Trinajstić information content (AvgIpc) is 2.56. The van der Waals surface area contributed by atoms with Crippen LogP contribution in [-0.4, -0.2) is 68.6 Å². The van der Waals surface area contributed by atoms with Gasteiger partial charge in [0, 0.05) is 32.6 Å². The van der Waals surface area contributed by atoms with Crippen LogP contribution in [-0.2, 0) is 23.8 Å². The van der Waals surface area contributed by atoms with Crippen LogP contribution >= 0.6 is 0 Å². The summed E-state index contributed by atoms with van der Waals surface area (Å²) in [6.07, 6.45) is 3.05. The van der Waals surface area contributed by atoms with Crippen LogP contribution in [0.3, 0.4) is 0 Å². The highest BCUT2D eigenvalue weighted by Crippen LogP contribution is 2.07. The first-order valence-corrected chi connectivity index (χ1v) is 9.13. The Kier molecular flexibility index (Phi) is 14.6. The molecule has 0 atom stereocenters. The summed E-state index contributed by atoms with van der Waals surface area (Å²) in [6, 6.07) is 0. The fourth-order valence-corrected chi connectivity index (χ4v) is 1.81. The lowest BCUT2D eigenvalue weighted by Gasteiger charge is -2.14. The first-order valence-electron chi connectivity index (χ1n) is 9.13. The van der Waals surface area contributed by atoms with Crippen LogP contribution in [0.2, 0.25) is 0 Å². The van der Waals surface area contributed by atoms with E-state index in [9.17, 15) is 14.7 Å². The number of hydrogen-bond donors (Lipinski definition) is 2. The number of unbranched alkanes of at least 4 members (excludes halogenated alkanes) is 1. The second-order valence-corrected chi connectivity index (χ2v) is 6.38. The number of carbonyl (C=O) groups excluding carboxylic acids is 2. The second kappa shape index (κ2) is 15.3. The molecule has 2 N–H and O–H groups in total. The smallest absolute Gasteiger partial charge is 0.220 e. The van der Waals surface area contributed by atoms with E-state index in [4.69, 9.17) is 14.2 Å². The molecule has 0 aromatic rings. The van der Waals surface area contributed by atoms with Crippen molar-refractivity contribution in [2.45, 2.75) is 58.5 Å². The van der Waals surface area contributed by atoms with E-state index in [1.165, 1.54) is 13.8 Å². The molecule has 0 bridgehead atoms. The molecule has 0 radical (unpaired) electrons. The number of Topliss-reactive ketones (excluding diaryl/α,β-unsaturated/α-hetero) is 1. The minimum absolute atomic E-state index is 0.0470. The van der Waals surface area contributed by atoms with E-state index in [-0.39, 0.29) is 24.5 Å². The second-order valence-electron chi connectivity index (χ2n) is 6.38. The Morgan fingerprint density at radius 1 is 0.880 bits per heavy atom. The Bertz CT molecular complexity index is 354. The SMILES string of the molecule is CCCCOCCOCCOCCCNC(=O)CCC(=O)C(C)(C)O. The summed E-state index contributed by atoms with van der Waals surface area (Å²) in [7, 11) is 0. The standard InChI is InChI=1S/C18H35NO6/c1-4-5-10-23-12-14-25-15-13-24-11-6-9-19-17(21)8-7-16(20)18(2,3)22/h22H,4-15H2,1-3H3,(H,19,21). The van der Waals surface area contributed by atoms with Crippen molar-refractivity contribution >= 4 is 11.7 Å². The molecule has 0 aromatic heterocycles. The zero-order valence-corrected chi connectivity index (χ0v) is 16.0. The maximum Gasteiger partial charge on any atom is 0.220 e. The molecule has 0 aliphatic carbocycles. The Morgan fingerprint density at radius 2 is 1.40 bits per heavy atom. The maximum atomic E-state index is 11.6. The van der Waals surface area contributed by atoms with Gasteiger partial charge in [0.25, 0.3) is 0 Å². The average molecular weight is 361 g/mol. The van der Waals surface area contributed by atoms with Crippen molar-refractivity contribution < 1.29 is 28.9 Å². The lowest BCUT2D eigenvalue weighted by molar-refractivity contribution is -0.135. The van der Waals surface area contributed by atoms with Gasteiger partial charge in [-0.15, -0.1) is 0 Å². The molecular weight excluding hydrogens is 326 g/mol. The Morgan fingerprint density at radius 3 is 1.92 bits per heavy atom. The van der Waals surface area contributed by atoms with Gasteiger partial charge >= 0.3 is 0 Å². The van der Waals surface area contributed by atoms with E-state index >= 15 is 0 Å². The van der Waals surface area contributed by atoms with E-state index in [1.807, 2.05) is 0 Å². The van der Waals surface area contributed by atoms with Gasteiger partial charge in [0.2, 0.25) is 5.91 Å². The van der Waals surface area contributed by atoms with Crippen LogP contribution in [0, 0.1) is 0 Å². The molecule has 0 aliphatic rings. The van der Waals surface area contributed by atoms with Gasteiger partial charge in [-0.05, 0) is 26.7 Å². The normalized spacial score (nSPS) is 11.5. The fourth-order valence-electron chi connectivity index (χ4n) is 1.81. The molecule has 7 heteroatoms. The van der Waals surface area contributed by atoms with Crippen molar-refractivity contribution in [3.8, 4) is 0 Å². The number of ether oxygens (including phenoxy) is 3. The summed E-state index contributed by atoms with van der Waals surface area (Å²) < 4.78 is 16.1. The van der Waals surface area contributed by atoms with Gasteiger partial charge < -0.3 is 24.6 Å². The molecule has 0 heterocycles. The molecule has 1 amide bonds. The van der Waals surface area contributed by atoms with E-state index in [1.54, 1.807) is 0 Å². The molecular formula is C18H35NO6. The molecule has 0 aromatic carbocycles. The molecule has 0 saturated heterocycles.